The predicted molar refractivity (Wildman–Crippen MR) is 54.3 cm³/mol. The quantitative estimate of drug-likeness (QED) is 0.539. The van der Waals surface area contributed by atoms with Crippen LogP contribution in [0.1, 0.15) is 40.5 Å². The molecule has 1 fully saturated rings. The van der Waals surface area contributed by atoms with Crippen molar-refractivity contribution in [3.05, 3.63) is 0 Å². The molecule has 1 saturated heterocycles. The highest BCUT2D eigenvalue weighted by Crippen LogP contribution is 2.36. The third-order valence-electron chi connectivity index (χ3n) is 3.42. The summed E-state index contributed by atoms with van der Waals surface area (Å²) >= 11 is 0. The van der Waals surface area contributed by atoms with Gasteiger partial charge in [-0.2, -0.15) is 0 Å². The van der Waals surface area contributed by atoms with E-state index in [1.54, 1.807) is 0 Å². The van der Waals surface area contributed by atoms with Gasteiger partial charge in [-0.3, -0.25) is 0 Å². The molecule has 0 N–H and O–H groups in total. The fourth-order valence-electron chi connectivity index (χ4n) is 2.47. The maximum Gasteiger partial charge on any atom is 0.00971 e. The van der Waals surface area contributed by atoms with Crippen molar-refractivity contribution in [3.63, 3.8) is 0 Å². The monoisotopic (exact) mass is 169 g/mol. The molecule has 1 heteroatoms. The topological polar surface area (TPSA) is 3.24 Å². The van der Waals surface area contributed by atoms with Crippen LogP contribution < -0.4 is 0 Å². The normalized spacial score (nSPS) is 33.8. The maximum absolute atomic E-state index is 2.50. The van der Waals surface area contributed by atoms with Crippen LogP contribution >= 0.6 is 0 Å². The van der Waals surface area contributed by atoms with Gasteiger partial charge >= 0.3 is 0 Å². The average Bonchev–Trinajstić information content (AvgIpc) is 1.92. The van der Waals surface area contributed by atoms with Crippen LogP contribution in [0.5, 0.6) is 0 Å². The van der Waals surface area contributed by atoms with Gasteiger partial charge in [0, 0.05) is 6.04 Å². The minimum absolute atomic E-state index is 0.480. The lowest BCUT2D eigenvalue weighted by Gasteiger charge is -2.43. The van der Waals surface area contributed by atoms with Gasteiger partial charge in [-0.25, -0.2) is 0 Å². The predicted octanol–water partition coefficient (Wildman–Crippen LogP) is 2.76. The molecule has 0 spiro atoms. The number of rotatable bonds is 0. The highest BCUT2D eigenvalue weighted by Gasteiger charge is 2.33. The molecule has 0 aromatic rings. The lowest BCUT2D eigenvalue weighted by Crippen LogP contribution is -2.45. The van der Waals surface area contributed by atoms with Gasteiger partial charge in [0.05, 0.1) is 0 Å². The molecule has 1 aliphatic rings. The zero-order chi connectivity index (χ0) is 9.35. The summed E-state index contributed by atoms with van der Waals surface area (Å²) in [6, 6.07) is 0.763. The molecule has 12 heavy (non-hydrogen) atoms. The van der Waals surface area contributed by atoms with Gasteiger partial charge in [-0.05, 0) is 44.7 Å². The Bertz CT molecular complexity index is 146. The first-order chi connectivity index (χ1) is 5.43. The summed E-state index contributed by atoms with van der Waals surface area (Å²) in [5.41, 5.74) is 0.480. The van der Waals surface area contributed by atoms with Crippen molar-refractivity contribution in [1.29, 1.82) is 0 Å². The fourth-order valence-corrected chi connectivity index (χ4v) is 2.47. The molecule has 0 bridgehead atoms. The number of nitrogens with zero attached hydrogens (tertiary/aromatic N) is 1. The van der Waals surface area contributed by atoms with Crippen molar-refractivity contribution in [1.82, 2.24) is 4.90 Å². The van der Waals surface area contributed by atoms with Gasteiger partial charge in [-0.15, -0.1) is 0 Å². The standard InChI is InChI=1S/C11H23N/c1-9-10(11(2,3)4)7-6-8-12(9)5/h9-10H,6-8H2,1-5H3/t9-,10+/m0/s1. The second kappa shape index (κ2) is 3.37. The number of piperidine rings is 1. The Kier molecular flexibility index (Phi) is 2.82. The molecule has 1 rings (SSSR count). The van der Waals surface area contributed by atoms with E-state index >= 15 is 0 Å². The summed E-state index contributed by atoms with van der Waals surface area (Å²) in [5, 5.41) is 0. The summed E-state index contributed by atoms with van der Waals surface area (Å²) in [7, 11) is 2.25. The number of hydrogen-bond donors (Lipinski definition) is 0. The van der Waals surface area contributed by atoms with Crippen LogP contribution in [-0.2, 0) is 0 Å². The molecule has 0 radical (unpaired) electrons. The van der Waals surface area contributed by atoms with Crippen LogP contribution in [0.3, 0.4) is 0 Å². The summed E-state index contributed by atoms with van der Waals surface area (Å²) < 4.78 is 0. The molecule has 0 amide bonds. The van der Waals surface area contributed by atoms with Crippen molar-refractivity contribution < 1.29 is 0 Å². The molecule has 72 valence electrons. The van der Waals surface area contributed by atoms with Crippen LogP contribution in [0, 0.1) is 11.3 Å². The Balaban J connectivity index is 2.64. The largest absolute Gasteiger partial charge is 0.303 e. The van der Waals surface area contributed by atoms with E-state index in [4.69, 9.17) is 0 Å². The Hall–Kier alpha value is -0.0400. The van der Waals surface area contributed by atoms with Crippen molar-refractivity contribution in [2.45, 2.75) is 46.6 Å². The van der Waals surface area contributed by atoms with E-state index in [0.29, 0.717) is 5.41 Å². The molecular formula is C11H23N. The Morgan fingerprint density at radius 2 is 1.83 bits per heavy atom. The summed E-state index contributed by atoms with van der Waals surface area (Å²) in [6.45, 7) is 10.8. The smallest absolute Gasteiger partial charge is 0.00971 e. The van der Waals surface area contributed by atoms with E-state index in [1.807, 2.05) is 0 Å². The first kappa shape index (κ1) is 10.0. The van der Waals surface area contributed by atoms with Gasteiger partial charge in [-0.1, -0.05) is 20.8 Å². The Labute approximate surface area is 77.1 Å². The SMILES string of the molecule is C[C@H]1[C@H](C(C)(C)C)CCCN1C. The first-order valence-corrected chi connectivity index (χ1v) is 5.13. The fraction of sp³-hybridized carbons (Fsp3) is 1.00. The molecule has 0 unspecified atom stereocenters. The molecule has 2 atom stereocenters. The molecule has 0 aromatic heterocycles. The summed E-state index contributed by atoms with van der Waals surface area (Å²) in [6.07, 6.45) is 2.79. The van der Waals surface area contributed by atoms with Crippen molar-refractivity contribution >= 4 is 0 Å². The highest BCUT2D eigenvalue weighted by atomic mass is 15.1. The van der Waals surface area contributed by atoms with Crippen molar-refractivity contribution in [2.75, 3.05) is 13.6 Å². The number of likely N-dealkylation sites (tertiary alicyclic amines) is 1. The molecule has 1 heterocycles. The summed E-state index contributed by atoms with van der Waals surface area (Å²) in [4.78, 5) is 2.50. The molecule has 0 aliphatic carbocycles. The average molecular weight is 169 g/mol. The van der Waals surface area contributed by atoms with Crippen LogP contribution in [-0.4, -0.2) is 24.5 Å². The lowest BCUT2D eigenvalue weighted by atomic mass is 9.72. The van der Waals surface area contributed by atoms with Crippen LogP contribution in [0.15, 0.2) is 0 Å². The maximum atomic E-state index is 2.50. The highest BCUT2D eigenvalue weighted by molar-refractivity contribution is 4.86. The van der Waals surface area contributed by atoms with Gasteiger partial charge < -0.3 is 4.90 Å². The van der Waals surface area contributed by atoms with Crippen LogP contribution in [0.25, 0.3) is 0 Å². The van der Waals surface area contributed by atoms with E-state index in [1.165, 1.54) is 19.4 Å². The zero-order valence-electron chi connectivity index (χ0n) is 9.22. The molecule has 1 nitrogen and oxygen atoms in total. The van der Waals surface area contributed by atoms with Gasteiger partial charge in [0.1, 0.15) is 0 Å². The number of hydrogen-bond acceptors (Lipinski definition) is 1. The van der Waals surface area contributed by atoms with Crippen molar-refractivity contribution in [2.24, 2.45) is 11.3 Å². The third-order valence-corrected chi connectivity index (χ3v) is 3.42. The second-order valence-corrected chi connectivity index (χ2v) is 5.34. The molecule has 0 saturated carbocycles. The minimum atomic E-state index is 0.480. The Morgan fingerprint density at radius 1 is 1.25 bits per heavy atom. The third kappa shape index (κ3) is 2.01. The van der Waals surface area contributed by atoms with Crippen molar-refractivity contribution in [3.8, 4) is 0 Å². The van der Waals surface area contributed by atoms with E-state index < -0.39 is 0 Å². The van der Waals surface area contributed by atoms with E-state index in [0.717, 1.165) is 12.0 Å². The van der Waals surface area contributed by atoms with Crippen LogP contribution in [0.2, 0.25) is 0 Å². The second-order valence-electron chi connectivity index (χ2n) is 5.34. The molecule has 1 aliphatic heterocycles. The van der Waals surface area contributed by atoms with Gasteiger partial charge in [0.2, 0.25) is 0 Å². The van der Waals surface area contributed by atoms with Gasteiger partial charge in [0.25, 0.3) is 0 Å². The lowest BCUT2D eigenvalue weighted by molar-refractivity contribution is 0.0596. The summed E-state index contributed by atoms with van der Waals surface area (Å²) in [5.74, 6) is 0.872. The minimum Gasteiger partial charge on any atom is -0.303 e. The van der Waals surface area contributed by atoms with E-state index in [9.17, 15) is 0 Å². The van der Waals surface area contributed by atoms with Gasteiger partial charge in [0.15, 0.2) is 0 Å². The first-order valence-electron chi connectivity index (χ1n) is 5.13. The molecular weight excluding hydrogens is 146 g/mol. The molecule has 0 aromatic carbocycles. The van der Waals surface area contributed by atoms with E-state index in [-0.39, 0.29) is 0 Å². The Morgan fingerprint density at radius 3 is 2.25 bits per heavy atom. The van der Waals surface area contributed by atoms with E-state index in [2.05, 4.69) is 39.6 Å². The zero-order valence-corrected chi connectivity index (χ0v) is 9.22. The van der Waals surface area contributed by atoms with Crippen LogP contribution in [0.4, 0.5) is 0 Å².